The van der Waals surface area contributed by atoms with E-state index in [9.17, 15) is 9.00 Å². The third-order valence-electron chi connectivity index (χ3n) is 2.52. The molecule has 1 unspecified atom stereocenters. The van der Waals surface area contributed by atoms with Crippen molar-refractivity contribution in [1.29, 1.82) is 0 Å². The van der Waals surface area contributed by atoms with Gasteiger partial charge in [-0.1, -0.05) is 0 Å². The van der Waals surface area contributed by atoms with Crippen molar-refractivity contribution in [3.63, 3.8) is 0 Å². The first-order chi connectivity index (χ1) is 8.25. The number of fused-ring (bicyclic) bond motifs is 1. The molecule has 2 aromatic rings. The Morgan fingerprint density at radius 1 is 1.35 bits per heavy atom. The van der Waals surface area contributed by atoms with Gasteiger partial charge in [0.25, 0.3) is 0 Å². The molecule has 5 nitrogen and oxygen atoms in total. The Hall–Kier alpha value is -1.95. The van der Waals surface area contributed by atoms with E-state index in [0.29, 0.717) is 12.2 Å². The molecule has 0 spiro atoms. The second-order valence-electron chi connectivity index (χ2n) is 3.58. The molecule has 0 radical (unpaired) electrons. The molecule has 0 bridgehead atoms. The van der Waals surface area contributed by atoms with Gasteiger partial charge in [0.2, 0.25) is 5.09 Å². The second kappa shape index (κ2) is 3.81. The highest BCUT2D eigenvalue weighted by molar-refractivity contribution is 7.88. The quantitative estimate of drug-likeness (QED) is 0.794. The van der Waals surface area contributed by atoms with Crippen LogP contribution >= 0.6 is 0 Å². The molecule has 0 aliphatic carbocycles. The van der Waals surface area contributed by atoms with Crippen molar-refractivity contribution in [3.05, 3.63) is 51.7 Å². The molecule has 0 aromatic carbocycles. The number of hydrogen-bond acceptors (Lipinski definition) is 4. The monoisotopic (exact) mass is 248 g/mol. The molecule has 3 heterocycles. The van der Waals surface area contributed by atoms with E-state index in [-0.39, 0.29) is 5.09 Å². The van der Waals surface area contributed by atoms with E-state index >= 15 is 0 Å². The van der Waals surface area contributed by atoms with Crippen molar-refractivity contribution >= 4 is 16.9 Å². The fourth-order valence-corrected chi connectivity index (χ4v) is 2.62. The maximum Gasteiger partial charge on any atom is 0.420 e. The number of hydrogen-bond donors (Lipinski definition) is 0. The van der Waals surface area contributed by atoms with Gasteiger partial charge in [0.15, 0.2) is 0 Å². The maximum absolute atomic E-state index is 11.6. The van der Waals surface area contributed by atoms with Gasteiger partial charge in [0, 0.05) is 17.8 Å². The molecule has 86 valence electrons. The average Bonchev–Trinajstić information content (AvgIpc) is 2.83. The molecule has 3 rings (SSSR count). The molecule has 0 saturated carbocycles. The summed E-state index contributed by atoms with van der Waals surface area (Å²) < 4.78 is 17.9. The Bertz CT molecular complexity index is 670. The summed E-state index contributed by atoms with van der Waals surface area (Å²) >= 11 is 0. The van der Waals surface area contributed by atoms with Gasteiger partial charge >= 0.3 is 5.76 Å². The van der Waals surface area contributed by atoms with E-state index in [2.05, 4.69) is 4.98 Å². The summed E-state index contributed by atoms with van der Waals surface area (Å²) in [5.41, 5.74) is 1.53. The van der Waals surface area contributed by atoms with Crippen molar-refractivity contribution in [1.82, 2.24) is 9.55 Å². The van der Waals surface area contributed by atoms with Crippen LogP contribution in [-0.2, 0) is 17.3 Å². The van der Waals surface area contributed by atoms with Gasteiger partial charge in [-0.25, -0.2) is 9.00 Å². The third kappa shape index (κ3) is 1.66. The van der Waals surface area contributed by atoms with Gasteiger partial charge in [-0.2, -0.15) is 0 Å². The zero-order valence-electron chi connectivity index (χ0n) is 8.70. The minimum absolute atomic E-state index is 0.240. The molecule has 1 atom stereocenters. The van der Waals surface area contributed by atoms with Gasteiger partial charge in [0.1, 0.15) is 16.5 Å². The summed E-state index contributed by atoms with van der Waals surface area (Å²) in [4.78, 5) is 15.5. The van der Waals surface area contributed by atoms with Gasteiger partial charge in [-0.15, -0.1) is 0 Å². The summed E-state index contributed by atoms with van der Waals surface area (Å²) in [6.07, 6.45) is 4.97. The van der Waals surface area contributed by atoms with Crippen LogP contribution in [-0.4, -0.2) is 13.8 Å². The summed E-state index contributed by atoms with van der Waals surface area (Å²) in [5.74, 6) is -0.482. The fraction of sp³-hybridized carbons (Fsp3) is 0.0909. The van der Waals surface area contributed by atoms with Crippen LogP contribution < -0.4 is 5.76 Å². The number of aromatic nitrogens is 2. The number of pyridine rings is 1. The lowest BCUT2D eigenvalue weighted by atomic mass is 10.2. The smallest absolute Gasteiger partial charge is 0.398 e. The summed E-state index contributed by atoms with van der Waals surface area (Å²) in [7, 11) is -1.33. The predicted octanol–water partition coefficient (Wildman–Crippen LogP) is 0.976. The van der Waals surface area contributed by atoms with Crippen molar-refractivity contribution in [2.75, 3.05) is 0 Å². The standard InChI is InChI=1S/C11H8N2O3S/c14-11-13(7-8-1-4-12-5-2-8)9-3-6-17(15)10(9)16-11/h1-6H,7H2. The van der Waals surface area contributed by atoms with Crippen LogP contribution in [0.25, 0.3) is 6.08 Å². The maximum atomic E-state index is 11.6. The van der Waals surface area contributed by atoms with Crippen LogP contribution in [0.2, 0.25) is 0 Å². The van der Waals surface area contributed by atoms with Crippen LogP contribution in [0.3, 0.4) is 0 Å². The minimum atomic E-state index is -1.33. The van der Waals surface area contributed by atoms with E-state index < -0.39 is 16.6 Å². The predicted molar refractivity (Wildman–Crippen MR) is 61.7 cm³/mol. The van der Waals surface area contributed by atoms with E-state index in [1.165, 1.54) is 9.98 Å². The lowest BCUT2D eigenvalue weighted by Gasteiger charge is -2.01. The largest absolute Gasteiger partial charge is 0.420 e. The lowest BCUT2D eigenvalue weighted by Crippen LogP contribution is -2.16. The molecular formula is C11H8N2O3S. The van der Waals surface area contributed by atoms with Gasteiger partial charge < -0.3 is 4.42 Å². The molecule has 2 aromatic heterocycles. The first-order valence-corrected chi connectivity index (χ1v) is 6.18. The lowest BCUT2D eigenvalue weighted by molar-refractivity contribution is 0.416. The summed E-state index contributed by atoms with van der Waals surface area (Å²) in [5, 5.41) is 1.75. The zero-order chi connectivity index (χ0) is 11.8. The number of nitrogens with zero attached hydrogens (tertiary/aromatic N) is 2. The first-order valence-electron chi connectivity index (χ1n) is 4.97. The molecular weight excluding hydrogens is 240 g/mol. The van der Waals surface area contributed by atoms with Crippen molar-refractivity contribution in [3.8, 4) is 0 Å². The Morgan fingerprint density at radius 2 is 2.12 bits per heavy atom. The van der Waals surface area contributed by atoms with E-state index in [4.69, 9.17) is 4.42 Å². The minimum Gasteiger partial charge on any atom is -0.398 e. The summed E-state index contributed by atoms with van der Waals surface area (Å²) in [6, 6.07) is 3.64. The topological polar surface area (TPSA) is 65.1 Å². The van der Waals surface area contributed by atoms with E-state index in [1.807, 2.05) is 12.1 Å². The molecule has 0 amide bonds. The van der Waals surface area contributed by atoms with Crippen LogP contribution in [0.1, 0.15) is 11.3 Å². The average molecular weight is 248 g/mol. The Labute approximate surface area is 98.9 Å². The molecule has 1 aliphatic rings. The van der Waals surface area contributed by atoms with Gasteiger partial charge in [0.05, 0.1) is 6.54 Å². The molecule has 1 aliphatic heterocycles. The zero-order valence-corrected chi connectivity index (χ0v) is 9.52. The van der Waals surface area contributed by atoms with Crippen LogP contribution in [0.4, 0.5) is 0 Å². The van der Waals surface area contributed by atoms with Crippen molar-refractivity contribution in [2.45, 2.75) is 11.6 Å². The summed E-state index contributed by atoms with van der Waals surface area (Å²) in [6.45, 7) is 0.391. The van der Waals surface area contributed by atoms with Crippen LogP contribution in [0.15, 0.2) is 44.2 Å². The SMILES string of the molecule is O=c1oc2c(n1Cc1ccncc1)C=CS2=O. The molecule has 6 heteroatoms. The highest BCUT2D eigenvalue weighted by Gasteiger charge is 2.23. The molecule has 17 heavy (non-hydrogen) atoms. The molecule has 0 saturated heterocycles. The van der Waals surface area contributed by atoms with Crippen LogP contribution in [0.5, 0.6) is 0 Å². The van der Waals surface area contributed by atoms with E-state index in [0.717, 1.165) is 5.56 Å². The fourth-order valence-electron chi connectivity index (χ4n) is 1.71. The van der Waals surface area contributed by atoms with Crippen LogP contribution in [0, 0.1) is 0 Å². The number of rotatable bonds is 2. The second-order valence-corrected chi connectivity index (χ2v) is 4.82. The van der Waals surface area contributed by atoms with E-state index in [1.54, 1.807) is 18.5 Å². The highest BCUT2D eigenvalue weighted by Crippen LogP contribution is 2.22. The Balaban J connectivity index is 2.06. The van der Waals surface area contributed by atoms with Crippen molar-refractivity contribution < 1.29 is 8.63 Å². The number of oxazole rings is 1. The Kier molecular flexibility index (Phi) is 2.29. The molecule has 0 N–H and O–H groups in total. The Morgan fingerprint density at radius 3 is 2.88 bits per heavy atom. The highest BCUT2D eigenvalue weighted by atomic mass is 32.2. The van der Waals surface area contributed by atoms with Crippen molar-refractivity contribution in [2.24, 2.45) is 0 Å². The molecule has 0 fully saturated rings. The third-order valence-corrected chi connectivity index (χ3v) is 3.56. The first kappa shape index (κ1) is 10.2. The normalized spacial score (nSPS) is 17.3. The van der Waals surface area contributed by atoms with Gasteiger partial charge in [-0.05, 0) is 23.8 Å². The van der Waals surface area contributed by atoms with Gasteiger partial charge in [-0.3, -0.25) is 9.55 Å².